The third-order valence-electron chi connectivity index (χ3n) is 3.94. The number of amides is 1. The number of hydrogen-bond donors (Lipinski definition) is 0. The van der Waals surface area contributed by atoms with Gasteiger partial charge in [-0.15, -0.1) is 0 Å². The SMILES string of the molecule is CC(C)c1nc([C@H]2CCCN2CC(=O)N(C)CCC#N)no1. The first-order valence-electron chi connectivity index (χ1n) is 7.71. The van der Waals surface area contributed by atoms with Crippen LogP contribution < -0.4 is 0 Å². The molecule has 7 nitrogen and oxygen atoms in total. The van der Waals surface area contributed by atoms with Crippen LogP contribution in [0.3, 0.4) is 0 Å². The van der Waals surface area contributed by atoms with Crippen molar-refractivity contribution in [3.05, 3.63) is 11.7 Å². The van der Waals surface area contributed by atoms with E-state index < -0.39 is 0 Å². The second-order valence-electron chi connectivity index (χ2n) is 6.00. The van der Waals surface area contributed by atoms with Gasteiger partial charge in [0.15, 0.2) is 5.82 Å². The fraction of sp³-hybridized carbons (Fsp3) is 0.733. The van der Waals surface area contributed by atoms with Gasteiger partial charge < -0.3 is 9.42 Å². The van der Waals surface area contributed by atoms with Crippen molar-refractivity contribution in [1.82, 2.24) is 19.9 Å². The number of nitriles is 1. The Hall–Kier alpha value is -1.94. The molecule has 1 saturated heterocycles. The second kappa shape index (κ2) is 7.36. The lowest BCUT2D eigenvalue weighted by Gasteiger charge is -2.24. The molecule has 1 amide bonds. The minimum absolute atomic E-state index is 0.0229. The Kier molecular flexibility index (Phi) is 5.50. The molecular weight excluding hydrogens is 282 g/mol. The highest BCUT2D eigenvalue weighted by Gasteiger charge is 2.32. The van der Waals surface area contributed by atoms with E-state index in [0.717, 1.165) is 19.4 Å². The molecule has 1 aromatic rings. The van der Waals surface area contributed by atoms with Gasteiger partial charge in [-0.3, -0.25) is 9.69 Å². The first-order chi connectivity index (χ1) is 10.5. The molecule has 0 saturated carbocycles. The van der Waals surface area contributed by atoms with E-state index in [4.69, 9.17) is 9.78 Å². The summed E-state index contributed by atoms with van der Waals surface area (Å²) in [7, 11) is 1.73. The number of nitrogens with zero attached hydrogens (tertiary/aromatic N) is 5. The Bertz CT molecular complexity index is 548. The van der Waals surface area contributed by atoms with Crippen molar-refractivity contribution in [3.63, 3.8) is 0 Å². The van der Waals surface area contributed by atoms with Gasteiger partial charge in [-0.2, -0.15) is 10.2 Å². The van der Waals surface area contributed by atoms with Crippen molar-refractivity contribution >= 4 is 5.91 Å². The van der Waals surface area contributed by atoms with Crippen molar-refractivity contribution in [3.8, 4) is 6.07 Å². The van der Waals surface area contributed by atoms with Crippen molar-refractivity contribution < 1.29 is 9.32 Å². The predicted octanol–water partition coefficient (Wildman–Crippen LogP) is 1.70. The normalized spacial score (nSPS) is 18.6. The highest BCUT2D eigenvalue weighted by Crippen LogP contribution is 2.30. The lowest BCUT2D eigenvalue weighted by atomic mass is 10.2. The summed E-state index contributed by atoms with van der Waals surface area (Å²) >= 11 is 0. The maximum atomic E-state index is 12.2. The number of likely N-dealkylation sites (N-methyl/N-ethyl adjacent to an activating group) is 1. The molecule has 22 heavy (non-hydrogen) atoms. The first kappa shape index (κ1) is 16.4. The third-order valence-corrected chi connectivity index (χ3v) is 3.94. The van der Waals surface area contributed by atoms with Gasteiger partial charge in [0.1, 0.15) is 0 Å². The molecule has 0 aromatic carbocycles. The summed E-state index contributed by atoms with van der Waals surface area (Å²) in [5.74, 6) is 1.54. The summed E-state index contributed by atoms with van der Waals surface area (Å²) in [5, 5.41) is 12.7. The van der Waals surface area contributed by atoms with Gasteiger partial charge in [0.2, 0.25) is 11.8 Å². The summed E-state index contributed by atoms with van der Waals surface area (Å²) in [4.78, 5) is 20.4. The molecule has 1 aliphatic heterocycles. The number of carbonyl (C=O) groups excluding carboxylic acids is 1. The lowest BCUT2D eigenvalue weighted by Crippen LogP contribution is -2.38. The van der Waals surface area contributed by atoms with Crippen LogP contribution in [0.1, 0.15) is 56.8 Å². The van der Waals surface area contributed by atoms with Crippen LogP contribution in [0, 0.1) is 11.3 Å². The van der Waals surface area contributed by atoms with Gasteiger partial charge in [-0.1, -0.05) is 19.0 Å². The largest absolute Gasteiger partial charge is 0.344 e. The van der Waals surface area contributed by atoms with Gasteiger partial charge in [0.25, 0.3) is 0 Å². The zero-order valence-electron chi connectivity index (χ0n) is 13.4. The lowest BCUT2D eigenvalue weighted by molar-refractivity contribution is -0.131. The zero-order valence-corrected chi connectivity index (χ0v) is 13.4. The molecule has 1 atom stereocenters. The summed E-state index contributed by atoms with van der Waals surface area (Å²) in [6.07, 6.45) is 2.31. The van der Waals surface area contributed by atoms with Gasteiger partial charge >= 0.3 is 0 Å². The van der Waals surface area contributed by atoms with Crippen molar-refractivity contribution in [2.75, 3.05) is 26.7 Å². The summed E-state index contributed by atoms with van der Waals surface area (Å²) in [6.45, 7) is 5.68. The van der Waals surface area contributed by atoms with Gasteiger partial charge in [-0.25, -0.2) is 0 Å². The van der Waals surface area contributed by atoms with E-state index in [-0.39, 0.29) is 17.9 Å². The fourth-order valence-electron chi connectivity index (χ4n) is 2.56. The van der Waals surface area contributed by atoms with Gasteiger partial charge in [0.05, 0.1) is 25.1 Å². The van der Waals surface area contributed by atoms with E-state index in [9.17, 15) is 4.79 Å². The minimum atomic E-state index is 0.0229. The molecule has 0 bridgehead atoms. The Morgan fingerprint density at radius 1 is 1.59 bits per heavy atom. The molecule has 2 heterocycles. The molecule has 0 radical (unpaired) electrons. The number of hydrogen-bond acceptors (Lipinski definition) is 6. The number of aromatic nitrogens is 2. The average Bonchev–Trinajstić information content (AvgIpc) is 3.12. The molecule has 0 unspecified atom stereocenters. The van der Waals surface area contributed by atoms with E-state index in [1.54, 1.807) is 11.9 Å². The summed E-state index contributed by atoms with van der Waals surface area (Å²) in [5.41, 5.74) is 0. The maximum absolute atomic E-state index is 12.2. The number of carbonyl (C=O) groups is 1. The van der Waals surface area contributed by atoms with Crippen LogP contribution in [0.25, 0.3) is 0 Å². The van der Waals surface area contributed by atoms with Crippen LogP contribution in [0.5, 0.6) is 0 Å². The molecule has 1 aromatic heterocycles. The van der Waals surface area contributed by atoms with E-state index in [1.165, 1.54) is 0 Å². The first-order valence-corrected chi connectivity index (χ1v) is 7.71. The molecule has 1 fully saturated rings. The van der Waals surface area contributed by atoms with E-state index in [1.807, 2.05) is 13.8 Å². The second-order valence-corrected chi connectivity index (χ2v) is 6.00. The van der Waals surface area contributed by atoms with Crippen LogP contribution >= 0.6 is 0 Å². The molecule has 0 spiro atoms. The Morgan fingerprint density at radius 3 is 3.00 bits per heavy atom. The minimum Gasteiger partial charge on any atom is -0.344 e. The summed E-state index contributed by atoms with van der Waals surface area (Å²) < 4.78 is 5.27. The maximum Gasteiger partial charge on any atom is 0.236 e. The van der Waals surface area contributed by atoms with Crippen molar-refractivity contribution in [1.29, 1.82) is 5.26 Å². The molecule has 0 N–H and O–H groups in total. The molecular formula is C15H23N5O2. The highest BCUT2D eigenvalue weighted by atomic mass is 16.5. The Morgan fingerprint density at radius 2 is 2.36 bits per heavy atom. The van der Waals surface area contributed by atoms with Gasteiger partial charge in [0, 0.05) is 19.5 Å². The standard InChI is InChI=1S/C15H23N5O2/c1-11(2)15-17-14(18-22-15)12-6-4-9-20(12)10-13(21)19(3)8-5-7-16/h11-12H,4-6,8-10H2,1-3H3/t12-/m1/s1. The smallest absolute Gasteiger partial charge is 0.236 e. The highest BCUT2D eigenvalue weighted by molar-refractivity contribution is 5.78. The Labute approximate surface area is 130 Å². The fourth-order valence-corrected chi connectivity index (χ4v) is 2.56. The van der Waals surface area contributed by atoms with E-state index >= 15 is 0 Å². The van der Waals surface area contributed by atoms with Crippen LogP contribution in [-0.2, 0) is 4.79 Å². The number of likely N-dealkylation sites (tertiary alicyclic amines) is 1. The van der Waals surface area contributed by atoms with Crippen LogP contribution in [0.2, 0.25) is 0 Å². The van der Waals surface area contributed by atoms with Gasteiger partial charge in [-0.05, 0) is 19.4 Å². The Balaban J connectivity index is 1.98. The van der Waals surface area contributed by atoms with E-state index in [2.05, 4.69) is 21.1 Å². The topological polar surface area (TPSA) is 86.3 Å². The third kappa shape index (κ3) is 3.83. The van der Waals surface area contributed by atoms with Crippen LogP contribution in [0.4, 0.5) is 0 Å². The van der Waals surface area contributed by atoms with Crippen molar-refractivity contribution in [2.24, 2.45) is 0 Å². The monoisotopic (exact) mass is 305 g/mol. The molecule has 7 heteroatoms. The molecule has 120 valence electrons. The molecule has 1 aliphatic rings. The predicted molar refractivity (Wildman–Crippen MR) is 79.8 cm³/mol. The molecule has 2 rings (SSSR count). The van der Waals surface area contributed by atoms with Crippen LogP contribution in [0.15, 0.2) is 4.52 Å². The van der Waals surface area contributed by atoms with Crippen LogP contribution in [-0.4, -0.2) is 52.5 Å². The quantitative estimate of drug-likeness (QED) is 0.795. The average molecular weight is 305 g/mol. The zero-order chi connectivity index (χ0) is 16.1. The number of rotatable bonds is 6. The van der Waals surface area contributed by atoms with E-state index in [0.29, 0.717) is 31.2 Å². The molecule has 0 aliphatic carbocycles. The summed E-state index contributed by atoms with van der Waals surface area (Å²) in [6, 6.07) is 2.10. The van der Waals surface area contributed by atoms with Crippen molar-refractivity contribution in [2.45, 2.75) is 45.1 Å².